The van der Waals surface area contributed by atoms with Crippen LogP contribution >= 0.6 is 0 Å². The maximum Gasteiger partial charge on any atom is 0.488 e. The molecule has 0 aromatic heterocycles. The van der Waals surface area contributed by atoms with E-state index in [0.29, 0.717) is 17.6 Å². The Balaban J connectivity index is 1.58. The van der Waals surface area contributed by atoms with Crippen LogP contribution in [0.3, 0.4) is 0 Å². The molecule has 1 fully saturated rings. The highest BCUT2D eigenvalue weighted by Crippen LogP contribution is 2.18. The first-order chi connectivity index (χ1) is 10.6. The zero-order chi connectivity index (χ0) is 15.8. The molecule has 0 radical (unpaired) electrons. The van der Waals surface area contributed by atoms with Crippen molar-refractivity contribution in [3.05, 3.63) is 24.3 Å². The van der Waals surface area contributed by atoms with Crippen molar-refractivity contribution in [3.63, 3.8) is 0 Å². The lowest BCUT2D eigenvalue weighted by molar-refractivity contribution is -0.134. The maximum atomic E-state index is 11.7. The minimum atomic E-state index is -1.56. The Morgan fingerprint density at radius 3 is 2.68 bits per heavy atom. The lowest BCUT2D eigenvalue weighted by atomic mass is 9.80. The second-order valence-corrected chi connectivity index (χ2v) is 5.78. The Morgan fingerprint density at radius 1 is 1.23 bits per heavy atom. The molecule has 1 aliphatic rings. The Kier molecular flexibility index (Phi) is 6.90. The smallest absolute Gasteiger partial charge is 0.427 e. The first kappa shape index (κ1) is 17.0. The molecule has 0 atom stereocenters. The number of carbonyl (C=O) groups excluding carboxylic acids is 1. The van der Waals surface area contributed by atoms with E-state index in [4.69, 9.17) is 19.5 Å². The van der Waals surface area contributed by atoms with Crippen LogP contribution in [-0.2, 0) is 9.53 Å². The van der Waals surface area contributed by atoms with Gasteiger partial charge in [0.1, 0.15) is 5.75 Å². The third kappa shape index (κ3) is 5.79. The van der Waals surface area contributed by atoms with E-state index in [2.05, 4.69) is 0 Å². The zero-order valence-corrected chi connectivity index (χ0v) is 12.7. The quantitative estimate of drug-likeness (QED) is 0.311. The van der Waals surface area contributed by atoms with Crippen LogP contribution in [0.5, 0.6) is 5.75 Å². The fraction of sp³-hybridized carbons (Fsp3) is 0.562. The van der Waals surface area contributed by atoms with Gasteiger partial charge in [0.05, 0.1) is 13.2 Å². The second kappa shape index (κ2) is 8.93. The number of unbranched alkanes of at least 4 members (excludes halogenated alkanes) is 3. The van der Waals surface area contributed by atoms with E-state index in [9.17, 15) is 4.79 Å². The number of hydrogen-bond acceptors (Lipinski definition) is 5. The summed E-state index contributed by atoms with van der Waals surface area (Å²) in [5.74, 6) is 0.816. The number of esters is 1. The van der Waals surface area contributed by atoms with Crippen LogP contribution in [0.2, 0.25) is 0 Å². The first-order valence-electron chi connectivity index (χ1n) is 7.89. The van der Waals surface area contributed by atoms with Crippen LogP contribution in [0.4, 0.5) is 0 Å². The highest BCUT2D eigenvalue weighted by molar-refractivity contribution is 6.58. The van der Waals surface area contributed by atoms with Gasteiger partial charge in [-0.3, -0.25) is 4.79 Å². The van der Waals surface area contributed by atoms with Gasteiger partial charge in [-0.15, -0.1) is 0 Å². The fourth-order valence-electron chi connectivity index (χ4n) is 2.43. The van der Waals surface area contributed by atoms with Crippen LogP contribution in [0.1, 0.15) is 38.5 Å². The Hall–Kier alpha value is -1.37. The second-order valence-electron chi connectivity index (χ2n) is 5.78. The van der Waals surface area contributed by atoms with E-state index < -0.39 is 7.12 Å². The molecule has 0 bridgehead atoms. The molecule has 1 aliphatic heterocycles. The predicted molar refractivity (Wildman–Crippen MR) is 83.9 cm³/mol. The highest BCUT2D eigenvalue weighted by Gasteiger charge is 2.17. The summed E-state index contributed by atoms with van der Waals surface area (Å²) in [5.41, 5.74) is 0.310. The molecular formula is C16H23BO5. The van der Waals surface area contributed by atoms with Crippen molar-refractivity contribution < 1.29 is 24.3 Å². The third-order valence-electron chi connectivity index (χ3n) is 3.84. The normalized spacial score (nSPS) is 14.5. The van der Waals surface area contributed by atoms with Crippen molar-refractivity contribution in [2.24, 2.45) is 5.92 Å². The Labute approximate surface area is 131 Å². The van der Waals surface area contributed by atoms with E-state index in [0.717, 1.165) is 38.4 Å². The summed E-state index contributed by atoms with van der Waals surface area (Å²) in [6, 6.07) is 6.28. The molecule has 120 valence electrons. The van der Waals surface area contributed by atoms with E-state index in [1.165, 1.54) is 18.9 Å². The van der Waals surface area contributed by atoms with E-state index >= 15 is 0 Å². The average Bonchev–Trinajstić information content (AvgIpc) is 2.44. The van der Waals surface area contributed by atoms with Crippen molar-refractivity contribution in [2.75, 3.05) is 13.2 Å². The van der Waals surface area contributed by atoms with Gasteiger partial charge in [-0.25, -0.2) is 0 Å². The molecule has 0 saturated carbocycles. The molecule has 1 aromatic carbocycles. The standard InChI is InChI=1S/C16H23BO5/c18-16(9-4-2-1-3-6-13-11-21-12-13)22-15-8-5-7-14(10-15)17(19)20/h5,7-8,10,13,19-20H,1-4,6,9,11-12H2. The van der Waals surface area contributed by atoms with Gasteiger partial charge in [0.2, 0.25) is 0 Å². The van der Waals surface area contributed by atoms with Crippen molar-refractivity contribution >= 4 is 18.6 Å². The number of benzene rings is 1. The highest BCUT2D eigenvalue weighted by atomic mass is 16.5. The fourth-order valence-corrected chi connectivity index (χ4v) is 2.43. The molecule has 2 N–H and O–H groups in total. The van der Waals surface area contributed by atoms with E-state index in [-0.39, 0.29) is 5.97 Å². The SMILES string of the molecule is O=C(CCCCCCC1COC1)Oc1cccc(B(O)O)c1. The lowest BCUT2D eigenvalue weighted by Gasteiger charge is -2.25. The molecular weight excluding hydrogens is 283 g/mol. The Bertz CT molecular complexity index is 473. The largest absolute Gasteiger partial charge is 0.488 e. The minimum absolute atomic E-state index is 0.281. The van der Waals surface area contributed by atoms with Crippen molar-refractivity contribution in [2.45, 2.75) is 38.5 Å². The summed E-state index contributed by atoms with van der Waals surface area (Å²) in [5, 5.41) is 18.1. The molecule has 0 amide bonds. The van der Waals surface area contributed by atoms with Crippen LogP contribution in [0.25, 0.3) is 0 Å². The number of rotatable bonds is 9. The summed E-state index contributed by atoms with van der Waals surface area (Å²) in [6.45, 7) is 1.82. The molecule has 22 heavy (non-hydrogen) atoms. The van der Waals surface area contributed by atoms with Gasteiger partial charge in [-0.2, -0.15) is 0 Å². The summed E-state index contributed by atoms with van der Waals surface area (Å²) in [6.07, 6.45) is 5.79. The first-order valence-corrected chi connectivity index (χ1v) is 7.89. The summed E-state index contributed by atoms with van der Waals surface area (Å²) >= 11 is 0. The Morgan fingerprint density at radius 2 is 2.00 bits per heavy atom. The molecule has 0 spiro atoms. The molecule has 0 aliphatic carbocycles. The number of hydrogen-bond donors (Lipinski definition) is 2. The molecule has 6 heteroatoms. The predicted octanol–water partition coefficient (Wildman–Crippen LogP) is 1.26. The summed E-state index contributed by atoms with van der Waals surface area (Å²) in [7, 11) is -1.56. The van der Waals surface area contributed by atoms with Crippen LogP contribution in [-0.4, -0.2) is 36.3 Å². The van der Waals surface area contributed by atoms with Gasteiger partial charge in [0.15, 0.2) is 0 Å². The summed E-state index contributed by atoms with van der Waals surface area (Å²) in [4.78, 5) is 11.7. The van der Waals surface area contributed by atoms with Gasteiger partial charge in [-0.05, 0) is 30.4 Å². The number of ether oxygens (including phenoxy) is 2. The van der Waals surface area contributed by atoms with Gasteiger partial charge in [-0.1, -0.05) is 31.4 Å². The molecule has 1 aromatic rings. The lowest BCUT2D eigenvalue weighted by Crippen LogP contribution is -2.29. The van der Waals surface area contributed by atoms with Gasteiger partial charge < -0.3 is 19.5 Å². The van der Waals surface area contributed by atoms with E-state index in [1.54, 1.807) is 18.2 Å². The zero-order valence-electron chi connectivity index (χ0n) is 12.7. The van der Waals surface area contributed by atoms with Crippen molar-refractivity contribution in [1.82, 2.24) is 0 Å². The monoisotopic (exact) mass is 306 g/mol. The number of carbonyl (C=O) groups is 1. The van der Waals surface area contributed by atoms with E-state index in [1.807, 2.05) is 0 Å². The van der Waals surface area contributed by atoms with Gasteiger partial charge in [0, 0.05) is 12.3 Å². The van der Waals surface area contributed by atoms with Crippen molar-refractivity contribution in [3.8, 4) is 5.75 Å². The average molecular weight is 306 g/mol. The van der Waals surface area contributed by atoms with Crippen molar-refractivity contribution in [1.29, 1.82) is 0 Å². The molecule has 1 saturated heterocycles. The molecule has 5 nitrogen and oxygen atoms in total. The van der Waals surface area contributed by atoms with Crippen LogP contribution in [0, 0.1) is 5.92 Å². The van der Waals surface area contributed by atoms with Gasteiger partial charge in [0.25, 0.3) is 0 Å². The maximum absolute atomic E-state index is 11.7. The molecule has 1 heterocycles. The van der Waals surface area contributed by atoms with Crippen LogP contribution in [0.15, 0.2) is 24.3 Å². The molecule has 0 unspecified atom stereocenters. The van der Waals surface area contributed by atoms with Gasteiger partial charge >= 0.3 is 13.1 Å². The summed E-state index contributed by atoms with van der Waals surface area (Å²) < 4.78 is 10.3. The topological polar surface area (TPSA) is 76.0 Å². The minimum Gasteiger partial charge on any atom is -0.427 e. The third-order valence-corrected chi connectivity index (χ3v) is 3.84. The van der Waals surface area contributed by atoms with Crippen LogP contribution < -0.4 is 10.2 Å². The molecule has 2 rings (SSSR count).